The van der Waals surface area contributed by atoms with Crippen LogP contribution in [0.25, 0.3) is 0 Å². The van der Waals surface area contributed by atoms with Gasteiger partial charge in [-0.15, -0.1) is 0 Å². The molecule has 1 amide bonds. The average molecular weight is 265 g/mol. The zero-order valence-electron chi connectivity index (χ0n) is 10.6. The van der Waals surface area contributed by atoms with Crippen LogP contribution in [-0.2, 0) is 21.0 Å². The summed E-state index contributed by atoms with van der Waals surface area (Å²) in [5, 5.41) is 2.92. The number of hydrogen-bond acceptors (Lipinski definition) is 2. The van der Waals surface area contributed by atoms with Crippen molar-refractivity contribution in [2.24, 2.45) is 0 Å². The van der Waals surface area contributed by atoms with Crippen LogP contribution in [0.3, 0.4) is 0 Å². The van der Waals surface area contributed by atoms with E-state index in [1.807, 2.05) is 30.3 Å². The Balaban J connectivity index is 2.04. The van der Waals surface area contributed by atoms with Crippen molar-refractivity contribution in [3.63, 3.8) is 0 Å². The van der Waals surface area contributed by atoms with Gasteiger partial charge in [-0.1, -0.05) is 36.8 Å². The summed E-state index contributed by atoms with van der Waals surface area (Å²) in [6, 6.07) is 9.97. The van der Waals surface area contributed by atoms with Gasteiger partial charge in [-0.05, 0) is 18.4 Å². The number of amides is 1. The lowest BCUT2D eigenvalue weighted by molar-refractivity contribution is -0.129. The van der Waals surface area contributed by atoms with E-state index >= 15 is 0 Å². The summed E-state index contributed by atoms with van der Waals surface area (Å²) in [7, 11) is -0.852. The molecule has 2 rings (SSSR count). The Kier molecular flexibility index (Phi) is 4.17. The van der Waals surface area contributed by atoms with E-state index in [2.05, 4.69) is 5.32 Å². The summed E-state index contributed by atoms with van der Waals surface area (Å²) < 4.78 is 11.0. The fourth-order valence-corrected chi connectivity index (χ4v) is 2.80. The van der Waals surface area contributed by atoms with Crippen molar-refractivity contribution in [3.8, 4) is 0 Å². The average Bonchev–Trinajstić information content (AvgIpc) is 2.28. The first-order chi connectivity index (χ1) is 8.65. The Hall–Kier alpha value is -1.16. The van der Waals surface area contributed by atoms with E-state index < -0.39 is 10.8 Å². The van der Waals surface area contributed by atoms with E-state index in [0.717, 1.165) is 24.8 Å². The van der Waals surface area contributed by atoms with Crippen LogP contribution in [-0.4, -0.2) is 28.7 Å². The van der Waals surface area contributed by atoms with Crippen LogP contribution < -0.4 is 5.32 Å². The second-order valence-electron chi connectivity index (χ2n) is 4.83. The highest BCUT2D eigenvalue weighted by Gasteiger charge is 2.45. The molecule has 0 bridgehead atoms. The van der Waals surface area contributed by atoms with Gasteiger partial charge in [-0.25, -0.2) is 0 Å². The second kappa shape index (κ2) is 5.65. The van der Waals surface area contributed by atoms with E-state index in [4.69, 9.17) is 0 Å². The zero-order chi connectivity index (χ0) is 13.0. The molecule has 1 aromatic carbocycles. The van der Waals surface area contributed by atoms with Crippen molar-refractivity contribution < 1.29 is 9.00 Å². The van der Waals surface area contributed by atoms with Crippen molar-refractivity contribution in [2.45, 2.75) is 24.7 Å². The maximum atomic E-state index is 12.3. The molecule has 0 aromatic heterocycles. The summed E-state index contributed by atoms with van der Waals surface area (Å²) >= 11 is 0. The van der Waals surface area contributed by atoms with Crippen molar-refractivity contribution in [3.05, 3.63) is 35.9 Å². The van der Waals surface area contributed by atoms with Gasteiger partial charge in [0.1, 0.15) is 0 Å². The minimum atomic E-state index is -0.852. The number of nitrogens with one attached hydrogen (secondary N) is 1. The van der Waals surface area contributed by atoms with Crippen LogP contribution >= 0.6 is 0 Å². The van der Waals surface area contributed by atoms with Gasteiger partial charge >= 0.3 is 0 Å². The summed E-state index contributed by atoms with van der Waals surface area (Å²) in [4.78, 5) is 12.3. The Morgan fingerprint density at radius 3 is 2.50 bits per heavy atom. The lowest BCUT2D eigenvalue weighted by Crippen LogP contribution is -2.49. The summed E-state index contributed by atoms with van der Waals surface area (Å²) in [6.45, 7) is 0.497. The highest BCUT2D eigenvalue weighted by atomic mass is 32.2. The van der Waals surface area contributed by atoms with Crippen molar-refractivity contribution >= 4 is 16.7 Å². The van der Waals surface area contributed by atoms with E-state index in [0.29, 0.717) is 12.3 Å². The molecule has 0 radical (unpaired) electrons. The van der Waals surface area contributed by atoms with Gasteiger partial charge in [-0.3, -0.25) is 9.00 Å². The number of carbonyl (C=O) groups is 1. The predicted octanol–water partition coefficient (Wildman–Crippen LogP) is 1.60. The third-order valence-electron chi connectivity index (χ3n) is 3.64. The summed E-state index contributed by atoms with van der Waals surface area (Å²) in [6.07, 6.45) is 4.58. The monoisotopic (exact) mass is 265 g/mol. The smallest absolute Gasteiger partial charge is 0.230 e. The first-order valence-electron chi connectivity index (χ1n) is 6.29. The number of carbonyl (C=O) groups excluding carboxylic acids is 1. The SMILES string of the molecule is CS(=O)CCNC(=O)C1(c2ccccc2)CCC1. The first kappa shape index (κ1) is 13.3. The van der Waals surface area contributed by atoms with Gasteiger partial charge in [0.15, 0.2) is 0 Å². The predicted molar refractivity (Wildman–Crippen MR) is 73.9 cm³/mol. The quantitative estimate of drug-likeness (QED) is 0.879. The van der Waals surface area contributed by atoms with Crippen LogP contribution in [0.15, 0.2) is 30.3 Å². The molecule has 0 heterocycles. The minimum Gasteiger partial charge on any atom is -0.354 e. The molecule has 1 unspecified atom stereocenters. The lowest BCUT2D eigenvalue weighted by atomic mass is 9.64. The Bertz CT molecular complexity index is 440. The molecular formula is C14H19NO2S. The topological polar surface area (TPSA) is 46.2 Å². The molecule has 98 valence electrons. The molecule has 1 saturated carbocycles. The molecule has 0 spiro atoms. The van der Waals surface area contributed by atoms with E-state index in [1.165, 1.54) is 0 Å². The first-order valence-corrected chi connectivity index (χ1v) is 8.02. The van der Waals surface area contributed by atoms with Crippen molar-refractivity contribution in [1.82, 2.24) is 5.32 Å². The van der Waals surface area contributed by atoms with Crippen LogP contribution in [0, 0.1) is 0 Å². The normalized spacial score (nSPS) is 18.7. The molecular weight excluding hydrogens is 246 g/mol. The Morgan fingerprint density at radius 1 is 1.33 bits per heavy atom. The molecule has 1 aliphatic carbocycles. The molecule has 0 aliphatic heterocycles. The molecule has 0 saturated heterocycles. The summed E-state index contributed by atoms with van der Waals surface area (Å²) in [5.74, 6) is 0.613. The van der Waals surface area contributed by atoms with Gasteiger partial charge < -0.3 is 5.32 Å². The molecule has 3 nitrogen and oxygen atoms in total. The summed E-state index contributed by atoms with van der Waals surface area (Å²) in [5.41, 5.74) is 0.766. The molecule has 1 fully saturated rings. The standard InChI is InChI=1S/C14H19NO2S/c1-18(17)11-10-15-13(16)14(8-5-9-14)12-6-3-2-4-7-12/h2-4,6-7H,5,8-11H2,1H3,(H,15,16). The van der Waals surface area contributed by atoms with Crippen LogP contribution in [0.5, 0.6) is 0 Å². The van der Waals surface area contributed by atoms with Crippen LogP contribution in [0.2, 0.25) is 0 Å². The van der Waals surface area contributed by atoms with Crippen molar-refractivity contribution in [1.29, 1.82) is 0 Å². The minimum absolute atomic E-state index is 0.0883. The Labute approximate surface area is 110 Å². The van der Waals surface area contributed by atoms with Gasteiger partial charge in [0.2, 0.25) is 5.91 Å². The molecule has 1 N–H and O–H groups in total. The second-order valence-corrected chi connectivity index (χ2v) is 6.39. The van der Waals surface area contributed by atoms with Gasteiger partial charge in [0.25, 0.3) is 0 Å². The highest BCUT2D eigenvalue weighted by molar-refractivity contribution is 7.84. The number of benzene rings is 1. The molecule has 1 aliphatic rings. The van der Waals surface area contributed by atoms with E-state index in [-0.39, 0.29) is 11.3 Å². The largest absolute Gasteiger partial charge is 0.354 e. The molecule has 4 heteroatoms. The fourth-order valence-electron chi connectivity index (χ4n) is 2.41. The van der Waals surface area contributed by atoms with Crippen molar-refractivity contribution in [2.75, 3.05) is 18.6 Å². The third-order valence-corrected chi connectivity index (χ3v) is 4.42. The lowest BCUT2D eigenvalue weighted by Gasteiger charge is -2.40. The molecule has 1 aromatic rings. The fraction of sp³-hybridized carbons (Fsp3) is 0.500. The zero-order valence-corrected chi connectivity index (χ0v) is 11.5. The van der Waals surface area contributed by atoms with E-state index in [9.17, 15) is 9.00 Å². The molecule has 18 heavy (non-hydrogen) atoms. The van der Waals surface area contributed by atoms with Crippen LogP contribution in [0.1, 0.15) is 24.8 Å². The number of rotatable bonds is 5. The third kappa shape index (κ3) is 2.64. The maximum Gasteiger partial charge on any atom is 0.230 e. The molecule has 1 atom stereocenters. The number of hydrogen-bond donors (Lipinski definition) is 1. The van der Waals surface area contributed by atoms with Gasteiger partial charge in [0, 0.05) is 29.4 Å². The van der Waals surface area contributed by atoms with E-state index in [1.54, 1.807) is 6.26 Å². The Morgan fingerprint density at radius 2 is 2.00 bits per heavy atom. The van der Waals surface area contributed by atoms with Crippen LogP contribution in [0.4, 0.5) is 0 Å². The maximum absolute atomic E-state index is 12.3. The van der Waals surface area contributed by atoms with Gasteiger partial charge in [-0.2, -0.15) is 0 Å². The van der Waals surface area contributed by atoms with Gasteiger partial charge in [0.05, 0.1) is 5.41 Å². The highest BCUT2D eigenvalue weighted by Crippen LogP contribution is 2.43.